The SMILES string of the molecule is CC(F)(F)Oc1ccc(CNC(=O)c2cc(C(=O)NCc3ccc4oc(=O)[nH]c4c3)nc3c(F)cnn23)cc1. The highest BCUT2D eigenvalue weighted by atomic mass is 19.3. The van der Waals surface area contributed by atoms with Crippen molar-refractivity contribution in [2.24, 2.45) is 0 Å². The van der Waals surface area contributed by atoms with Crippen LogP contribution in [0.25, 0.3) is 16.7 Å². The molecule has 3 N–H and O–H groups in total. The third kappa shape index (κ3) is 5.74. The first-order valence-corrected chi connectivity index (χ1v) is 11.4. The van der Waals surface area contributed by atoms with Gasteiger partial charge in [0.15, 0.2) is 17.0 Å². The van der Waals surface area contributed by atoms with Gasteiger partial charge in [-0.3, -0.25) is 14.6 Å². The molecule has 39 heavy (non-hydrogen) atoms. The molecule has 5 rings (SSSR count). The van der Waals surface area contributed by atoms with Gasteiger partial charge in [-0.2, -0.15) is 13.9 Å². The van der Waals surface area contributed by atoms with E-state index in [1.54, 1.807) is 18.2 Å². The fourth-order valence-corrected chi connectivity index (χ4v) is 3.75. The van der Waals surface area contributed by atoms with Crippen LogP contribution in [0.5, 0.6) is 5.75 Å². The van der Waals surface area contributed by atoms with Crippen molar-refractivity contribution < 1.29 is 31.9 Å². The van der Waals surface area contributed by atoms with Gasteiger partial charge in [0.1, 0.15) is 17.1 Å². The monoisotopic (exact) mass is 540 g/mol. The number of nitrogens with zero attached hydrogens (tertiary/aromatic N) is 3. The lowest BCUT2D eigenvalue weighted by Crippen LogP contribution is -2.28. The number of aromatic nitrogens is 4. The van der Waals surface area contributed by atoms with Crippen LogP contribution in [-0.2, 0) is 13.1 Å². The van der Waals surface area contributed by atoms with Gasteiger partial charge in [0.05, 0.1) is 11.7 Å². The molecule has 11 nitrogen and oxygen atoms in total. The van der Waals surface area contributed by atoms with Gasteiger partial charge in [-0.15, -0.1) is 0 Å². The molecule has 0 aliphatic carbocycles. The second kappa shape index (κ2) is 9.96. The van der Waals surface area contributed by atoms with Crippen LogP contribution in [0.15, 0.2) is 63.9 Å². The molecule has 0 spiro atoms. The minimum Gasteiger partial charge on any atom is -0.433 e. The topological polar surface area (TPSA) is 144 Å². The first-order valence-electron chi connectivity index (χ1n) is 11.4. The van der Waals surface area contributed by atoms with Crippen molar-refractivity contribution in [2.75, 3.05) is 0 Å². The highest BCUT2D eigenvalue weighted by Crippen LogP contribution is 2.21. The lowest BCUT2D eigenvalue weighted by atomic mass is 10.2. The van der Waals surface area contributed by atoms with Crippen molar-refractivity contribution in [3.8, 4) is 5.75 Å². The number of carbonyl (C=O) groups excluding carboxylic acids is 2. The van der Waals surface area contributed by atoms with E-state index in [2.05, 4.69) is 30.4 Å². The number of nitrogens with one attached hydrogen (secondary N) is 3. The number of amides is 2. The normalized spacial score (nSPS) is 11.6. The third-order valence-corrected chi connectivity index (χ3v) is 5.50. The zero-order valence-corrected chi connectivity index (χ0v) is 20.1. The van der Waals surface area contributed by atoms with Crippen LogP contribution in [0, 0.1) is 5.82 Å². The average Bonchev–Trinajstić information content (AvgIpc) is 3.46. The Balaban J connectivity index is 1.31. The molecule has 0 fully saturated rings. The number of H-pyrrole nitrogens is 1. The maximum Gasteiger partial charge on any atom is 0.417 e. The van der Waals surface area contributed by atoms with Gasteiger partial charge in [0.25, 0.3) is 11.8 Å². The predicted octanol–water partition coefficient (Wildman–Crippen LogP) is 3.15. The summed E-state index contributed by atoms with van der Waals surface area (Å²) in [6.07, 6.45) is -2.47. The summed E-state index contributed by atoms with van der Waals surface area (Å²) < 4.78 is 50.7. The van der Waals surface area contributed by atoms with Crippen LogP contribution in [0.4, 0.5) is 13.2 Å². The highest BCUT2D eigenvalue weighted by Gasteiger charge is 2.23. The molecule has 5 aromatic rings. The third-order valence-electron chi connectivity index (χ3n) is 5.50. The number of oxazole rings is 1. The van der Waals surface area contributed by atoms with Crippen LogP contribution < -0.4 is 21.1 Å². The van der Waals surface area contributed by atoms with Crippen LogP contribution in [0.1, 0.15) is 39.0 Å². The molecule has 2 aromatic carbocycles. The Morgan fingerprint density at radius 2 is 1.74 bits per heavy atom. The summed E-state index contributed by atoms with van der Waals surface area (Å²) in [5.74, 6) is -2.86. The molecule has 3 heterocycles. The minimum atomic E-state index is -3.33. The molecular formula is C25H19F3N6O5. The number of halogens is 3. The number of benzene rings is 2. The van der Waals surface area contributed by atoms with E-state index in [1.807, 2.05) is 0 Å². The molecule has 0 unspecified atom stereocenters. The van der Waals surface area contributed by atoms with Crippen molar-refractivity contribution in [1.29, 1.82) is 0 Å². The molecule has 0 saturated carbocycles. The molecule has 0 aliphatic rings. The van der Waals surface area contributed by atoms with Crippen molar-refractivity contribution in [3.05, 3.63) is 93.6 Å². The average molecular weight is 540 g/mol. The van der Waals surface area contributed by atoms with Gasteiger partial charge in [0.2, 0.25) is 0 Å². The van der Waals surface area contributed by atoms with E-state index in [9.17, 15) is 27.6 Å². The maximum atomic E-state index is 14.3. The Bertz CT molecular complexity index is 1750. The van der Waals surface area contributed by atoms with E-state index in [0.29, 0.717) is 29.2 Å². The zero-order chi connectivity index (χ0) is 27.7. The van der Waals surface area contributed by atoms with Crippen LogP contribution in [0.3, 0.4) is 0 Å². The van der Waals surface area contributed by atoms with Crippen molar-refractivity contribution in [1.82, 2.24) is 30.2 Å². The zero-order valence-electron chi connectivity index (χ0n) is 20.1. The summed E-state index contributed by atoms with van der Waals surface area (Å²) in [6, 6.07) is 11.7. The highest BCUT2D eigenvalue weighted by molar-refractivity contribution is 5.98. The van der Waals surface area contributed by atoms with Crippen molar-refractivity contribution in [2.45, 2.75) is 26.1 Å². The van der Waals surface area contributed by atoms with Crippen molar-refractivity contribution >= 4 is 28.6 Å². The molecule has 0 radical (unpaired) electrons. The van der Waals surface area contributed by atoms with Gasteiger partial charge in [-0.25, -0.2) is 18.7 Å². The van der Waals surface area contributed by atoms with Crippen molar-refractivity contribution in [3.63, 3.8) is 0 Å². The van der Waals surface area contributed by atoms with E-state index < -0.39 is 29.5 Å². The summed E-state index contributed by atoms with van der Waals surface area (Å²) in [6.45, 7) is 0.656. The number of fused-ring (bicyclic) bond motifs is 2. The fraction of sp³-hybridized carbons (Fsp3) is 0.160. The predicted molar refractivity (Wildman–Crippen MR) is 130 cm³/mol. The molecule has 2 amide bonds. The van der Waals surface area contributed by atoms with E-state index in [1.165, 1.54) is 30.3 Å². The molecule has 0 aliphatic heterocycles. The minimum absolute atomic E-state index is 0.00465. The Kier molecular flexibility index (Phi) is 6.52. The molecule has 200 valence electrons. The largest absolute Gasteiger partial charge is 0.433 e. The summed E-state index contributed by atoms with van der Waals surface area (Å²) in [5, 5.41) is 9.08. The number of alkyl halides is 2. The quantitative estimate of drug-likeness (QED) is 0.274. The second-order valence-corrected chi connectivity index (χ2v) is 8.52. The lowest BCUT2D eigenvalue weighted by Gasteiger charge is -2.13. The molecule has 3 aromatic heterocycles. The molecular weight excluding hydrogens is 521 g/mol. The number of rotatable bonds is 8. The number of aromatic amines is 1. The first-order chi connectivity index (χ1) is 18.6. The summed E-state index contributed by atoms with van der Waals surface area (Å²) in [5.41, 5.74) is 1.32. The number of carbonyl (C=O) groups is 2. The van der Waals surface area contributed by atoms with Gasteiger partial charge < -0.3 is 19.8 Å². The Morgan fingerprint density at radius 3 is 2.49 bits per heavy atom. The summed E-state index contributed by atoms with van der Waals surface area (Å²) in [4.78, 5) is 43.7. The van der Waals surface area contributed by atoms with Crippen LogP contribution >= 0.6 is 0 Å². The lowest BCUT2D eigenvalue weighted by molar-refractivity contribution is -0.158. The fourth-order valence-electron chi connectivity index (χ4n) is 3.75. The number of hydrogen-bond donors (Lipinski definition) is 3. The number of ether oxygens (including phenoxy) is 1. The Morgan fingerprint density at radius 1 is 1.05 bits per heavy atom. The van der Waals surface area contributed by atoms with E-state index in [-0.39, 0.29) is 35.9 Å². The standard InChI is InChI=1S/C25H19F3N6O5/c1-25(27,28)39-15-5-2-13(3-6-15)10-30-23(36)19-9-18(32-21-16(26)12-31-34(19)21)22(35)29-11-14-4-7-20-17(8-14)33-24(37)38-20/h2-9,12H,10-11H2,1H3,(H,29,35)(H,30,36)(H,33,37). The second-order valence-electron chi connectivity index (χ2n) is 8.52. The molecule has 0 saturated heterocycles. The smallest absolute Gasteiger partial charge is 0.417 e. The van der Waals surface area contributed by atoms with Gasteiger partial charge in [-0.05, 0) is 35.4 Å². The first kappa shape index (κ1) is 25.5. The van der Waals surface area contributed by atoms with E-state index >= 15 is 0 Å². The van der Waals surface area contributed by atoms with Gasteiger partial charge in [-0.1, -0.05) is 18.2 Å². The Hall–Kier alpha value is -5.14. The summed E-state index contributed by atoms with van der Waals surface area (Å²) >= 11 is 0. The summed E-state index contributed by atoms with van der Waals surface area (Å²) in [7, 11) is 0. The van der Waals surface area contributed by atoms with Gasteiger partial charge >= 0.3 is 11.9 Å². The molecule has 0 bridgehead atoms. The van der Waals surface area contributed by atoms with E-state index in [0.717, 1.165) is 10.7 Å². The maximum absolute atomic E-state index is 14.3. The van der Waals surface area contributed by atoms with Crippen LogP contribution in [-0.4, -0.2) is 37.5 Å². The van der Waals surface area contributed by atoms with E-state index in [4.69, 9.17) is 4.42 Å². The van der Waals surface area contributed by atoms with Crippen LogP contribution in [0.2, 0.25) is 0 Å². The number of hydrogen-bond acceptors (Lipinski definition) is 7. The Labute approximate surface area is 216 Å². The van der Waals surface area contributed by atoms with Gasteiger partial charge in [0, 0.05) is 26.1 Å². The molecule has 0 atom stereocenters. The molecule has 14 heteroatoms.